The molecule has 1 heterocycles. The van der Waals surface area contributed by atoms with Crippen LogP contribution < -0.4 is 9.47 Å². The first-order valence-corrected chi connectivity index (χ1v) is 12.2. The predicted molar refractivity (Wildman–Crippen MR) is 141 cm³/mol. The smallest absolute Gasteiger partial charge is 0.295 e. The molecule has 1 aliphatic rings. The average molecular weight is 522 g/mol. The number of amides is 1. The Kier molecular flexibility index (Phi) is 8.16. The first kappa shape index (κ1) is 26.3. The third kappa shape index (κ3) is 5.79. The lowest BCUT2D eigenvalue weighted by molar-refractivity contribution is -0.140. The van der Waals surface area contributed by atoms with Crippen molar-refractivity contribution < 1.29 is 28.9 Å². The van der Waals surface area contributed by atoms with Crippen molar-refractivity contribution in [2.24, 2.45) is 0 Å². The van der Waals surface area contributed by atoms with E-state index >= 15 is 0 Å². The van der Waals surface area contributed by atoms with Crippen LogP contribution in [0, 0.1) is 0 Å². The average Bonchev–Trinajstić information content (AvgIpc) is 3.14. The van der Waals surface area contributed by atoms with Gasteiger partial charge < -0.3 is 24.2 Å². The van der Waals surface area contributed by atoms with E-state index in [1.165, 1.54) is 18.1 Å². The summed E-state index contributed by atoms with van der Waals surface area (Å²) in [4.78, 5) is 27.8. The number of ketones is 1. The molecule has 1 fully saturated rings. The summed E-state index contributed by atoms with van der Waals surface area (Å²) in [6.07, 6.45) is -0.0423. The Morgan fingerprint density at radius 1 is 1.00 bits per heavy atom. The molecule has 1 unspecified atom stereocenters. The molecule has 1 N–H and O–H groups in total. The Balaban J connectivity index is 1.79. The summed E-state index contributed by atoms with van der Waals surface area (Å²) in [5, 5.41) is 11.5. The molecular formula is C29H28ClNO6. The lowest BCUT2D eigenvalue weighted by Crippen LogP contribution is -2.33. The van der Waals surface area contributed by atoms with E-state index in [-0.39, 0.29) is 35.6 Å². The predicted octanol–water partition coefficient (Wildman–Crippen LogP) is 5.99. The van der Waals surface area contributed by atoms with E-state index in [0.717, 1.165) is 0 Å². The van der Waals surface area contributed by atoms with Gasteiger partial charge in [-0.05, 0) is 61.9 Å². The van der Waals surface area contributed by atoms with E-state index in [4.69, 9.17) is 25.8 Å². The zero-order valence-corrected chi connectivity index (χ0v) is 21.6. The maximum atomic E-state index is 13.3. The summed E-state index contributed by atoms with van der Waals surface area (Å²) >= 11 is 6.27. The SMILES string of the molecule is COc1ccc(/C(O)=C2\C(=O)C(=O)N(CCOC(C)C)C2c2cccc(Oc3ccccc3)c2)cc1Cl. The van der Waals surface area contributed by atoms with E-state index in [9.17, 15) is 14.7 Å². The van der Waals surface area contributed by atoms with Crippen LogP contribution in [0.1, 0.15) is 31.0 Å². The van der Waals surface area contributed by atoms with Crippen LogP contribution in [0.15, 0.2) is 78.4 Å². The Hall–Kier alpha value is -3.81. The highest BCUT2D eigenvalue weighted by atomic mass is 35.5. The molecule has 3 aromatic rings. The van der Waals surface area contributed by atoms with Gasteiger partial charge in [-0.1, -0.05) is 41.9 Å². The van der Waals surface area contributed by atoms with E-state index in [2.05, 4.69) is 0 Å². The van der Waals surface area contributed by atoms with Crippen LogP contribution in [-0.2, 0) is 14.3 Å². The van der Waals surface area contributed by atoms with Crippen molar-refractivity contribution in [3.05, 3.63) is 94.5 Å². The van der Waals surface area contributed by atoms with Crippen LogP contribution in [0.25, 0.3) is 5.76 Å². The zero-order chi connectivity index (χ0) is 26.5. The van der Waals surface area contributed by atoms with Crippen LogP contribution >= 0.6 is 11.6 Å². The highest BCUT2D eigenvalue weighted by molar-refractivity contribution is 6.46. The summed E-state index contributed by atoms with van der Waals surface area (Å²) in [7, 11) is 1.48. The minimum absolute atomic E-state index is 0.0346. The van der Waals surface area contributed by atoms with Crippen molar-refractivity contribution in [3.63, 3.8) is 0 Å². The largest absolute Gasteiger partial charge is 0.507 e. The second kappa shape index (κ2) is 11.5. The van der Waals surface area contributed by atoms with Crippen molar-refractivity contribution in [2.45, 2.75) is 26.0 Å². The molecule has 7 nitrogen and oxygen atoms in total. The number of rotatable bonds is 9. The highest BCUT2D eigenvalue weighted by Gasteiger charge is 2.46. The van der Waals surface area contributed by atoms with Crippen molar-refractivity contribution in [1.29, 1.82) is 0 Å². The van der Waals surface area contributed by atoms with Gasteiger partial charge in [-0.15, -0.1) is 0 Å². The number of hydrogen-bond acceptors (Lipinski definition) is 6. The number of nitrogens with zero attached hydrogens (tertiary/aromatic N) is 1. The van der Waals surface area contributed by atoms with Crippen molar-refractivity contribution in [1.82, 2.24) is 4.90 Å². The molecule has 1 atom stereocenters. The molecule has 8 heteroatoms. The number of aliphatic hydroxyl groups excluding tert-OH is 1. The van der Waals surface area contributed by atoms with E-state index in [1.807, 2.05) is 44.2 Å². The summed E-state index contributed by atoms with van der Waals surface area (Å²) in [5.41, 5.74) is 0.870. The number of para-hydroxylation sites is 1. The number of carbonyl (C=O) groups excluding carboxylic acids is 2. The maximum Gasteiger partial charge on any atom is 0.295 e. The van der Waals surface area contributed by atoms with Crippen LogP contribution in [0.2, 0.25) is 5.02 Å². The number of Topliss-reactive ketones (excluding diaryl/α,β-unsaturated/α-hetero) is 1. The Morgan fingerprint density at radius 2 is 1.73 bits per heavy atom. The molecule has 1 saturated heterocycles. The standard InChI is InChI=1S/C29H28ClNO6/c1-18(2)36-15-14-31-26(19-8-7-11-22(16-19)37-21-9-5-4-6-10-21)25(28(33)29(31)34)27(32)20-12-13-24(35-3)23(30)17-20/h4-13,16-18,26,32H,14-15H2,1-3H3/b27-25+. The van der Waals surface area contributed by atoms with Gasteiger partial charge in [0.2, 0.25) is 0 Å². The van der Waals surface area contributed by atoms with Gasteiger partial charge in [-0.25, -0.2) is 0 Å². The van der Waals surface area contributed by atoms with Crippen molar-refractivity contribution >= 4 is 29.1 Å². The van der Waals surface area contributed by atoms with Gasteiger partial charge in [-0.2, -0.15) is 0 Å². The van der Waals surface area contributed by atoms with Gasteiger partial charge in [0.05, 0.1) is 36.5 Å². The van der Waals surface area contributed by atoms with Gasteiger partial charge in [0.15, 0.2) is 0 Å². The Morgan fingerprint density at radius 3 is 2.41 bits per heavy atom. The van der Waals surface area contributed by atoms with Crippen LogP contribution in [-0.4, -0.2) is 48.1 Å². The number of aliphatic hydroxyl groups is 1. The van der Waals surface area contributed by atoms with E-state index in [0.29, 0.717) is 28.4 Å². The molecule has 0 radical (unpaired) electrons. The molecular weight excluding hydrogens is 494 g/mol. The molecule has 37 heavy (non-hydrogen) atoms. The van der Waals surface area contributed by atoms with Gasteiger partial charge in [0, 0.05) is 12.1 Å². The molecule has 192 valence electrons. The van der Waals surface area contributed by atoms with Gasteiger partial charge in [0.25, 0.3) is 11.7 Å². The van der Waals surface area contributed by atoms with Gasteiger partial charge in [0.1, 0.15) is 23.0 Å². The quantitative estimate of drug-likeness (QED) is 0.211. The zero-order valence-electron chi connectivity index (χ0n) is 20.8. The number of halogens is 1. The molecule has 0 aliphatic carbocycles. The number of hydrogen-bond donors (Lipinski definition) is 1. The number of likely N-dealkylation sites (tertiary alicyclic amines) is 1. The number of benzene rings is 3. The van der Waals surface area contributed by atoms with Crippen molar-refractivity contribution in [2.75, 3.05) is 20.3 Å². The third-order valence-corrected chi connectivity index (χ3v) is 6.20. The lowest BCUT2D eigenvalue weighted by Gasteiger charge is -2.26. The van der Waals surface area contributed by atoms with Crippen molar-refractivity contribution in [3.8, 4) is 17.2 Å². The third-order valence-electron chi connectivity index (χ3n) is 5.90. The fourth-order valence-corrected chi connectivity index (χ4v) is 4.44. The maximum absolute atomic E-state index is 13.3. The number of carbonyl (C=O) groups is 2. The monoisotopic (exact) mass is 521 g/mol. The van der Waals surface area contributed by atoms with Crippen LogP contribution in [0.5, 0.6) is 17.2 Å². The molecule has 4 rings (SSSR count). The topological polar surface area (TPSA) is 85.3 Å². The fourth-order valence-electron chi connectivity index (χ4n) is 4.19. The first-order chi connectivity index (χ1) is 17.8. The molecule has 1 amide bonds. The summed E-state index contributed by atoms with van der Waals surface area (Å²) in [5.74, 6) is -0.227. The molecule has 0 aromatic heterocycles. The second-order valence-corrected chi connectivity index (χ2v) is 9.16. The van der Waals surface area contributed by atoms with Gasteiger partial charge in [-0.3, -0.25) is 9.59 Å². The van der Waals surface area contributed by atoms with Gasteiger partial charge >= 0.3 is 0 Å². The lowest BCUT2D eigenvalue weighted by atomic mass is 9.95. The van der Waals surface area contributed by atoms with E-state index in [1.54, 1.807) is 36.4 Å². The second-order valence-electron chi connectivity index (χ2n) is 8.75. The van der Waals surface area contributed by atoms with E-state index < -0.39 is 17.7 Å². The minimum atomic E-state index is -0.851. The normalized spacial score (nSPS) is 16.9. The summed E-state index contributed by atoms with van der Waals surface area (Å²) < 4.78 is 16.8. The fraction of sp³-hybridized carbons (Fsp3) is 0.241. The number of ether oxygens (including phenoxy) is 3. The molecule has 0 spiro atoms. The summed E-state index contributed by atoms with van der Waals surface area (Å²) in [6, 6.07) is 20.2. The minimum Gasteiger partial charge on any atom is -0.507 e. The molecule has 0 saturated carbocycles. The first-order valence-electron chi connectivity index (χ1n) is 11.9. The highest BCUT2D eigenvalue weighted by Crippen LogP contribution is 2.41. The molecule has 1 aliphatic heterocycles. The molecule has 3 aromatic carbocycles. The Bertz CT molecular complexity index is 1320. The van der Waals surface area contributed by atoms with Crippen LogP contribution in [0.3, 0.4) is 0 Å². The Labute approximate surface area is 220 Å². The number of methoxy groups -OCH3 is 1. The van der Waals surface area contributed by atoms with Crippen LogP contribution in [0.4, 0.5) is 0 Å². The molecule has 0 bridgehead atoms. The summed E-state index contributed by atoms with van der Waals surface area (Å²) in [6.45, 7) is 4.18.